The second-order valence-corrected chi connectivity index (χ2v) is 5.63. The van der Waals surface area contributed by atoms with Gasteiger partial charge < -0.3 is 19.2 Å². The maximum absolute atomic E-state index is 12.5. The van der Waals surface area contributed by atoms with Crippen LogP contribution in [0, 0.1) is 0 Å². The van der Waals surface area contributed by atoms with Crippen molar-refractivity contribution in [2.75, 3.05) is 7.11 Å². The SMILES string of the molecule is COc1cc(/C=C2\NC(=S)N(Cc3ccco3)C2=O)ccc1OC(F)F. The summed E-state index contributed by atoms with van der Waals surface area (Å²) >= 11 is 5.18. The average molecular weight is 380 g/mol. The predicted molar refractivity (Wildman–Crippen MR) is 92.6 cm³/mol. The van der Waals surface area contributed by atoms with Gasteiger partial charge in [-0.05, 0) is 48.1 Å². The van der Waals surface area contributed by atoms with Crippen LogP contribution < -0.4 is 14.8 Å². The number of amides is 1. The molecule has 0 spiro atoms. The molecule has 1 saturated heterocycles. The number of halogens is 2. The Morgan fingerprint density at radius 1 is 1.35 bits per heavy atom. The van der Waals surface area contributed by atoms with Gasteiger partial charge in [0.1, 0.15) is 11.5 Å². The first-order chi connectivity index (χ1) is 12.5. The smallest absolute Gasteiger partial charge is 0.387 e. The van der Waals surface area contributed by atoms with Gasteiger partial charge >= 0.3 is 6.61 Å². The third kappa shape index (κ3) is 3.83. The molecule has 1 aromatic carbocycles. The number of methoxy groups -OCH3 is 1. The Morgan fingerprint density at radius 3 is 2.81 bits per heavy atom. The highest BCUT2D eigenvalue weighted by Gasteiger charge is 2.31. The zero-order valence-corrected chi connectivity index (χ0v) is 14.4. The normalized spacial score (nSPS) is 15.7. The van der Waals surface area contributed by atoms with E-state index in [1.807, 2.05) is 0 Å². The second kappa shape index (κ2) is 7.52. The van der Waals surface area contributed by atoms with Gasteiger partial charge in [0.05, 0.1) is 19.9 Å². The lowest BCUT2D eigenvalue weighted by atomic mass is 10.1. The summed E-state index contributed by atoms with van der Waals surface area (Å²) in [5.74, 6) is 0.308. The number of furan rings is 1. The summed E-state index contributed by atoms with van der Waals surface area (Å²) in [6.07, 6.45) is 3.06. The summed E-state index contributed by atoms with van der Waals surface area (Å²) in [4.78, 5) is 13.9. The maximum Gasteiger partial charge on any atom is 0.387 e. The quantitative estimate of drug-likeness (QED) is 0.614. The predicted octanol–water partition coefficient (Wildman–Crippen LogP) is 3.15. The molecule has 2 heterocycles. The third-order valence-electron chi connectivity index (χ3n) is 3.57. The van der Waals surface area contributed by atoms with Gasteiger partial charge in [-0.15, -0.1) is 0 Å². The number of carbonyl (C=O) groups excluding carboxylic acids is 1. The summed E-state index contributed by atoms with van der Waals surface area (Å²) in [5, 5.41) is 3.09. The minimum atomic E-state index is -2.96. The molecule has 1 aromatic heterocycles. The maximum atomic E-state index is 12.5. The highest BCUT2D eigenvalue weighted by Crippen LogP contribution is 2.30. The fourth-order valence-electron chi connectivity index (χ4n) is 2.41. The Kier molecular flexibility index (Phi) is 5.17. The van der Waals surface area contributed by atoms with Crippen molar-refractivity contribution in [1.82, 2.24) is 10.2 Å². The van der Waals surface area contributed by atoms with Crippen LogP contribution in [0.25, 0.3) is 6.08 Å². The monoisotopic (exact) mass is 380 g/mol. The van der Waals surface area contributed by atoms with Crippen LogP contribution >= 0.6 is 12.2 Å². The minimum Gasteiger partial charge on any atom is -0.493 e. The van der Waals surface area contributed by atoms with Gasteiger partial charge in [-0.1, -0.05) is 6.07 Å². The Hall–Kier alpha value is -2.94. The molecular weight excluding hydrogens is 366 g/mol. The highest BCUT2D eigenvalue weighted by molar-refractivity contribution is 7.80. The summed E-state index contributed by atoms with van der Waals surface area (Å²) in [5.41, 5.74) is 0.813. The summed E-state index contributed by atoms with van der Waals surface area (Å²) < 4.78 is 39.4. The van der Waals surface area contributed by atoms with E-state index in [0.29, 0.717) is 11.3 Å². The zero-order valence-electron chi connectivity index (χ0n) is 13.6. The molecule has 9 heteroatoms. The van der Waals surface area contributed by atoms with Crippen molar-refractivity contribution < 1.29 is 27.5 Å². The first-order valence-corrected chi connectivity index (χ1v) is 7.88. The number of nitrogens with zero attached hydrogens (tertiary/aromatic N) is 1. The molecule has 0 unspecified atom stereocenters. The standard InChI is InChI=1S/C17H14F2N2O4S/c1-23-14-8-10(4-5-13(14)25-16(18)19)7-12-15(22)21(17(26)20-12)9-11-3-2-6-24-11/h2-8,16H,9H2,1H3,(H,20,26)/b12-7-. The van der Waals surface area contributed by atoms with Crippen LogP contribution in [-0.4, -0.2) is 29.6 Å². The van der Waals surface area contributed by atoms with E-state index in [9.17, 15) is 13.6 Å². The Balaban J connectivity index is 1.81. The van der Waals surface area contributed by atoms with E-state index in [1.165, 1.54) is 36.5 Å². The Bertz CT molecular complexity index is 852. The molecule has 0 aliphatic carbocycles. The molecule has 1 aliphatic heterocycles. The number of hydrogen-bond acceptors (Lipinski definition) is 5. The van der Waals surface area contributed by atoms with Crippen molar-refractivity contribution in [1.29, 1.82) is 0 Å². The molecule has 3 rings (SSSR count). The second-order valence-electron chi connectivity index (χ2n) is 5.25. The Morgan fingerprint density at radius 2 is 2.15 bits per heavy atom. The van der Waals surface area contributed by atoms with E-state index >= 15 is 0 Å². The number of benzene rings is 1. The van der Waals surface area contributed by atoms with Crippen molar-refractivity contribution in [2.24, 2.45) is 0 Å². The third-order valence-corrected chi connectivity index (χ3v) is 3.89. The van der Waals surface area contributed by atoms with Gasteiger partial charge in [-0.2, -0.15) is 8.78 Å². The number of carbonyl (C=O) groups is 1. The van der Waals surface area contributed by atoms with E-state index < -0.39 is 6.61 Å². The number of rotatable bonds is 6. The van der Waals surface area contributed by atoms with E-state index in [0.717, 1.165) is 0 Å². The van der Waals surface area contributed by atoms with Crippen molar-refractivity contribution >= 4 is 29.3 Å². The molecule has 6 nitrogen and oxygen atoms in total. The molecule has 2 aromatic rings. The van der Waals surface area contributed by atoms with Gasteiger partial charge in [0.15, 0.2) is 16.6 Å². The van der Waals surface area contributed by atoms with Crippen molar-refractivity contribution in [2.45, 2.75) is 13.2 Å². The number of alkyl halides is 2. The summed E-state index contributed by atoms with van der Waals surface area (Å²) in [6.45, 7) is -2.75. The lowest BCUT2D eigenvalue weighted by Crippen LogP contribution is -2.29. The summed E-state index contributed by atoms with van der Waals surface area (Å²) in [6, 6.07) is 7.82. The van der Waals surface area contributed by atoms with Crippen molar-refractivity contribution in [3.05, 3.63) is 53.6 Å². The number of ether oxygens (including phenoxy) is 2. The van der Waals surface area contributed by atoms with Gasteiger partial charge in [-0.3, -0.25) is 9.69 Å². The van der Waals surface area contributed by atoms with Crippen LogP contribution in [0.4, 0.5) is 8.78 Å². The highest BCUT2D eigenvalue weighted by atomic mass is 32.1. The molecule has 1 N–H and O–H groups in total. The topological polar surface area (TPSA) is 63.9 Å². The van der Waals surface area contributed by atoms with Crippen molar-refractivity contribution in [3.63, 3.8) is 0 Å². The minimum absolute atomic E-state index is 0.0923. The Labute approximate surface area is 153 Å². The van der Waals surface area contributed by atoms with Crippen LogP contribution in [0.15, 0.2) is 46.7 Å². The van der Waals surface area contributed by atoms with E-state index in [1.54, 1.807) is 18.2 Å². The van der Waals surface area contributed by atoms with Crippen LogP contribution in [0.2, 0.25) is 0 Å². The molecule has 0 radical (unpaired) electrons. The molecule has 0 bridgehead atoms. The van der Waals surface area contributed by atoms with Gasteiger partial charge in [0.25, 0.3) is 5.91 Å². The molecule has 1 aliphatic rings. The molecule has 1 fully saturated rings. The van der Waals surface area contributed by atoms with Crippen LogP contribution in [0.5, 0.6) is 11.5 Å². The van der Waals surface area contributed by atoms with Gasteiger partial charge in [0.2, 0.25) is 0 Å². The first-order valence-electron chi connectivity index (χ1n) is 7.47. The first kappa shape index (κ1) is 17.9. The average Bonchev–Trinajstić information content (AvgIpc) is 3.20. The van der Waals surface area contributed by atoms with E-state index in [-0.39, 0.29) is 34.8 Å². The molecule has 136 valence electrons. The van der Waals surface area contributed by atoms with Crippen LogP contribution in [0.3, 0.4) is 0 Å². The molecule has 0 atom stereocenters. The fourth-order valence-corrected chi connectivity index (χ4v) is 2.66. The van der Waals surface area contributed by atoms with E-state index in [2.05, 4.69) is 10.1 Å². The van der Waals surface area contributed by atoms with E-state index in [4.69, 9.17) is 21.4 Å². The van der Waals surface area contributed by atoms with Crippen LogP contribution in [-0.2, 0) is 11.3 Å². The largest absolute Gasteiger partial charge is 0.493 e. The van der Waals surface area contributed by atoms with Gasteiger partial charge in [-0.25, -0.2) is 0 Å². The fraction of sp³-hybridized carbons (Fsp3) is 0.176. The molecule has 1 amide bonds. The molecule has 26 heavy (non-hydrogen) atoms. The lowest BCUT2D eigenvalue weighted by molar-refractivity contribution is -0.122. The molecular formula is C17H14F2N2O4S. The molecule has 0 saturated carbocycles. The van der Waals surface area contributed by atoms with Crippen LogP contribution in [0.1, 0.15) is 11.3 Å². The summed E-state index contributed by atoms with van der Waals surface area (Å²) in [7, 11) is 1.34. The number of hydrogen-bond donors (Lipinski definition) is 1. The number of thiocarbonyl (C=S) groups is 1. The number of nitrogens with one attached hydrogen (secondary N) is 1. The lowest BCUT2D eigenvalue weighted by Gasteiger charge is -2.11. The zero-order chi connectivity index (χ0) is 18.7. The van der Waals surface area contributed by atoms with Crippen molar-refractivity contribution in [3.8, 4) is 11.5 Å². The van der Waals surface area contributed by atoms with Gasteiger partial charge in [0, 0.05) is 0 Å².